The van der Waals surface area contributed by atoms with Crippen LogP contribution in [0.2, 0.25) is 0 Å². The standard InChI is InChI=1S/8C10H18O/c1-3-8(2)9-4-6-10(11)7-5-9;1-3-8(2)9-5-4-6-10(11)7-9;1-3-8(2)9-6-4-5-7-10(9)11;1-2-3-6-9-7-4-5-8-10(9)11;2*1-2-3-5-9-6-4-7-10(11)8-9;2*1-2-3-4-9-5-7-10(11)8-6-9/h3*3,9-11H,4-7H2,1-2H3;2-3,9-11H,4-8H2,1H3;3,5,9-11H,2,4,6-8H2,1H3;2-3,9-11H,4-8H2,1H3;3-4,9-11H,2,5-8H2,1H3;2-3,9-11H,4-8H2,1H3. The molecule has 0 bridgehead atoms. The van der Waals surface area contributed by atoms with E-state index < -0.39 is 0 Å². The van der Waals surface area contributed by atoms with Crippen molar-refractivity contribution in [3.05, 3.63) is 95.7 Å². The molecular formula is C80H144O8. The van der Waals surface area contributed by atoms with E-state index in [1.165, 1.54) is 139 Å². The first kappa shape index (κ1) is 83.6. The van der Waals surface area contributed by atoms with E-state index in [4.69, 9.17) is 0 Å². The molecule has 10 unspecified atom stereocenters. The molecular weight excluding hydrogens is 1090 g/mol. The van der Waals surface area contributed by atoms with Gasteiger partial charge in [0.15, 0.2) is 0 Å². The fourth-order valence-corrected chi connectivity index (χ4v) is 14.1. The van der Waals surface area contributed by atoms with Crippen LogP contribution in [0.25, 0.3) is 0 Å². The molecule has 0 amide bonds. The zero-order valence-electron chi connectivity index (χ0n) is 59.0. The van der Waals surface area contributed by atoms with Gasteiger partial charge in [-0.3, -0.25) is 0 Å². The minimum absolute atomic E-state index is 0.00291. The summed E-state index contributed by atoms with van der Waals surface area (Å²) in [6, 6.07) is 0. The Morgan fingerprint density at radius 3 is 1.24 bits per heavy atom. The highest BCUT2D eigenvalue weighted by molar-refractivity contribution is 5.06. The van der Waals surface area contributed by atoms with Crippen LogP contribution in [0.5, 0.6) is 0 Å². The van der Waals surface area contributed by atoms with E-state index in [0.717, 1.165) is 139 Å². The Labute approximate surface area is 543 Å². The second-order valence-corrected chi connectivity index (χ2v) is 27.8. The highest BCUT2D eigenvalue weighted by Crippen LogP contribution is 2.34. The molecule has 0 aromatic rings. The maximum atomic E-state index is 9.63. The average Bonchev–Trinajstić information content (AvgIpc) is 3.64. The number of allylic oxidation sites excluding steroid dienone is 15. The van der Waals surface area contributed by atoms with Gasteiger partial charge in [-0.1, -0.05) is 155 Å². The van der Waals surface area contributed by atoms with E-state index in [2.05, 4.69) is 148 Å². The lowest BCUT2D eigenvalue weighted by molar-refractivity contribution is 0.0714. The number of aliphatic hydroxyl groups excluding tert-OH is 8. The lowest BCUT2D eigenvalue weighted by atomic mass is 9.82. The lowest BCUT2D eigenvalue weighted by Gasteiger charge is -2.28. The van der Waals surface area contributed by atoms with Gasteiger partial charge in [0, 0.05) is 5.92 Å². The molecule has 10 atom stereocenters. The monoisotopic (exact) mass is 1230 g/mol. The van der Waals surface area contributed by atoms with Crippen LogP contribution in [0.15, 0.2) is 95.7 Å². The van der Waals surface area contributed by atoms with Gasteiger partial charge in [-0.2, -0.15) is 0 Å². The van der Waals surface area contributed by atoms with Crippen molar-refractivity contribution in [1.29, 1.82) is 0 Å². The normalized spacial score (nSPS) is 33.3. The zero-order valence-corrected chi connectivity index (χ0v) is 59.0. The Hall–Kier alpha value is -2.40. The predicted octanol–water partition coefficient (Wildman–Crippen LogP) is 20.0. The fraction of sp³-hybridized carbons (Fsp3) is 0.800. The van der Waals surface area contributed by atoms with Gasteiger partial charge >= 0.3 is 0 Å². The summed E-state index contributed by atoms with van der Waals surface area (Å²) >= 11 is 0. The van der Waals surface area contributed by atoms with Crippen LogP contribution in [0.3, 0.4) is 0 Å². The van der Waals surface area contributed by atoms with Crippen molar-refractivity contribution in [2.75, 3.05) is 0 Å². The quantitative estimate of drug-likeness (QED) is 0.0846. The summed E-state index contributed by atoms with van der Waals surface area (Å²) in [5.41, 5.74) is 4.30. The summed E-state index contributed by atoms with van der Waals surface area (Å²) in [5, 5.41) is 75.0. The number of rotatable bonds is 13. The van der Waals surface area contributed by atoms with Crippen LogP contribution < -0.4 is 0 Å². The molecule has 8 N–H and O–H groups in total. The fourth-order valence-electron chi connectivity index (χ4n) is 14.1. The van der Waals surface area contributed by atoms with E-state index in [1.54, 1.807) is 0 Å². The van der Waals surface area contributed by atoms with Gasteiger partial charge in [0.25, 0.3) is 0 Å². The molecule has 8 heteroatoms. The molecule has 8 fully saturated rings. The van der Waals surface area contributed by atoms with Crippen LogP contribution in [-0.2, 0) is 0 Å². The maximum Gasteiger partial charge on any atom is 0.0605 e. The van der Waals surface area contributed by atoms with Crippen molar-refractivity contribution in [3.63, 3.8) is 0 Å². The molecule has 8 rings (SSSR count). The van der Waals surface area contributed by atoms with Gasteiger partial charge in [-0.05, 0) is 296 Å². The molecule has 0 heterocycles. The average molecular weight is 1230 g/mol. The summed E-state index contributed by atoms with van der Waals surface area (Å²) in [5.74, 6) is 5.39. The van der Waals surface area contributed by atoms with E-state index in [-0.39, 0.29) is 48.8 Å². The number of hydrogen-bond donors (Lipinski definition) is 8. The molecule has 8 aliphatic carbocycles. The first-order chi connectivity index (χ1) is 42.4. The second kappa shape index (κ2) is 54.0. The van der Waals surface area contributed by atoms with Crippen LogP contribution in [-0.4, -0.2) is 89.7 Å². The van der Waals surface area contributed by atoms with Crippen molar-refractivity contribution >= 4 is 0 Å². The smallest absolute Gasteiger partial charge is 0.0605 e. The highest BCUT2D eigenvalue weighted by atomic mass is 16.3. The summed E-state index contributed by atoms with van der Waals surface area (Å²) in [6.45, 7) is 23.2. The van der Waals surface area contributed by atoms with Crippen molar-refractivity contribution < 1.29 is 40.9 Å². The Balaban J connectivity index is 0.000000503. The van der Waals surface area contributed by atoms with Crippen molar-refractivity contribution in [1.82, 2.24) is 0 Å². The lowest BCUT2D eigenvalue weighted by Crippen LogP contribution is -2.25. The van der Waals surface area contributed by atoms with E-state index in [9.17, 15) is 40.9 Å². The predicted molar refractivity (Wildman–Crippen MR) is 379 cm³/mol. The summed E-state index contributed by atoms with van der Waals surface area (Å²) in [7, 11) is 0. The Morgan fingerprint density at radius 1 is 0.318 bits per heavy atom. The molecule has 8 saturated carbocycles. The molecule has 0 radical (unpaired) electrons. The van der Waals surface area contributed by atoms with Gasteiger partial charge in [0.05, 0.1) is 48.8 Å². The van der Waals surface area contributed by atoms with Crippen molar-refractivity contribution in [2.24, 2.45) is 47.3 Å². The summed E-state index contributed by atoms with van der Waals surface area (Å²) < 4.78 is 0. The Bertz CT molecular complexity index is 1870. The molecule has 88 heavy (non-hydrogen) atoms. The minimum atomic E-state index is -0.0695. The topological polar surface area (TPSA) is 162 Å². The summed E-state index contributed by atoms with van der Waals surface area (Å²) in [6.07, 6.45) is 69.9. The first-order valence-corrected chi connectivity index (χ1v) is 36.9. The first-order valence-electron chi connectivity index (χ1n) is 36.9. The molecule has 8 aliphatic rings. The largest absolute Gasteiger partial charge is 0.393 e. The van der Waals surface area contributed by atoms with Gasteiger partial charge < -0.3 is 40.9 Å². The molecule has 0 aromatic carbocycles. The number of aliphatic hydroxyl groups is 8. The third-order valence-electron chi connectivity index (χ3n) is 20.6. The van der Waals surface area contributed by atoms with E-state index >= 15 is 0 Å². The van der Waals surface area contributed by atoms with E-state index in [0.29, 0.717) is 23.7 Å². The molecule has 512 valence electrons. The third kappa shape index (κ3) is 41.2. The Morgan fingerprint density at radius 2 is 0.750 bits per heavy atom. The maximum absolute atomic E-state index is 9.63. The van der Waals surface area contributed by atoms with Gasteiger partial charge in [-0.15, -0.1) is 0 Å². The molecule has 8 nitrogen and oxygen atoms in total. The van der Waals surface area contributed by atoms with Crippen LogP contribution in [0.1, 0.15) is 314 Å². The van der Waals surface area contributed by atoms with Crippen LogP contribution in [0.4, 0.5) is 0 Å². The van der Waals surface area contributed by atoms with Crippen molar-refractivity contribution in [3.8, 4) is 0 Å². The zero-order chi connectivity index (χ0) is 65.3. The molecule has 0 spiro atoms. The van der Waals surface area contributed by atoms with Gasteiger partial charge in [-0.25, -0.2) is 0 Å². The van der Waals surface area contributed by atoms with Gasteiger partial charge in [0.2, 0.25) is 0 Å². The number of hydrogen-bond acceptors (Lipinski definition) is 8. The highest BCUT2D eigenvalue weighted by Gasteiger charge is 2.26. The minimum Gasteiger partial charge on any atom is -0.393 e. The van der Waals surface area contributed by atoms with Crippen LogP contribution >= 0.6 is 0 Å². The molecule has 0 aromatic heterocycles. The molecule has 0 aliphatic heterocycles. The summed E-state index contributed by atoms with van der Waals surface area (Å²) in [4.78, 5) is 0. The third-order valence-corrected chi connectivity index (χ3v) is 20.6. The Kier molecular flexibility index (Phi) is 51.3. The SMILES string of the molecule is CC=C(C)C1CCC(O)CC1.CC=C(C)C1CCCC(O)C1.CC=C(C)C1CCCCC1O.CC=CCC1CCC(O)CC1.CC=CCC1CCCC(O)C1.CC=CCC1CCCCC1O.CCC=CC1CCC(O)CC1.CCC=CC1CCCC(O)C1. The second-order valence-electron chi connectivity index (χ2n) is 27.8. The molecule has 0 saturated heterocycles. The van der Waals surface area contributed by atoms with Crippen molar-refractivity contribution in [2.45, 2.75) is 363 Å². The van der Waals surface area contributed by atoms with Crippen LogP contribution in [0, 0.1) is 47.3 Å². The van der Waals surface area contributed by atoms with E-state index in [1.807, 2.05) is 6.92 Å². The van der Waals surface area contributed by atoms with Gasteiger partial charge in [0.1, 0.15) is 0 Å².